The molecule has 0 radical (unpaired) electrons. The smallest absolute Gasteiger partial charge is 0.416 e. The maximum absolute atomic E-state index is 12.6. The molecule has 1 aliphatic carbocycles. The fourth-order valence-electron chi connectivity index (χ4n) is 3.24. The van der Waals surface area contributed by atoms with Crippen molar-refractivity contribution >= 4 is 6.08 Å². The molecule has 2 nitrogen and oxygen atoms in total. The standard InChI is InChI=1S/C22H24F3NO/c1-16(2)26(14-18-15-27-21-8-4-3-7-20(18)21)13-5-6-17-9-11-19(12-10-17)22(23,24)25/h3-12,15-16,20-21H,13-14H2,1-2H3. The summed E-state index contributed by atoms with van der Waals surface area (Å²) < 4.78 is 43.6. The van der Waals surface area contributed by atoms with Crippen molar-refractivity contribution in [3.63, 3.8) is 0 Å². The molecule has 0 amide bonds. The van der Waals surface area contributed by atoms with Crippen molar-refractivity contribution in [1.82, 2.24) is 4.90 Å². The minimum atomic E-state index is -4.30. The third-order valence-corrected chi connectivity index (χ3v) is 4.89. The molecule has 0 bridgehead atoms. The monoisotopic (exact) mass is 375 g/mol. The van der Waals surface area contributed by atoms with Gasteiger partial charge in [-0.1, -0.05) is 42.5 Å². The van der Waals surface area contributed by atoms with E-state index in [0.717, 1.165) is 24.2 Å². The van der Waals surface area contributed by atoms with Crippen molar-refractivity contribution in [2.75, 3.05) is 13.1 Å². The second-order valence-electron chi connectivity index (χ2n) is 7.13. The number of ether oxygens (including phenoxy) is 1. The normalized spacial score (nSPS) is 21.8. The number of alkyl halides is 3. The minimum absolute atomic E-state index is 0.0988. The van der Waals surface area contributed by atoms with Crippen LogP contribution in [0, 0.1) is 5.92 Å². The lowest BCUT2D eigenvalue weighted by atomic mass is 9.91. The largest absolute Gasteiger partial charge is 0.493 e. The molecule has 1 aliphatic heterocycles. The van der Waals surface area contributed by atoms with E-state index in [9.17, 15) is 13.2 Å². The maximum atomic E-state index is 12.6. The Morgan fingerprint density at radius 2 is 1.81 bits per heavy atom. The van der Waals surface area contributed by atoms with Gasteiger partial charge in [0.15, 0.2) is 0 Å². The first-order chi connectivity index (χ1) is 12.8. The van der Waals surface area contributed by atoms with Crippen LogP contribution in [-0.2, 0) is 10.9 Å². The highest BCUT2D eigenvalue weighted by molar-refractivity contribution is 5.50. The Kier molecular flexibility index (Phi) is 5.90. The van der Waals surface area contributed by atoms with E-state index in [4.69, 9.17) is 4.74 Å². The van der Waals surface area contributed by atoms with E-state index in [1.54, 1.807) is 0 Å². The number of benzene rings is 1. The number of allylic oxidation sites excluding steroid dienone is 2. The number of nitrogens with zero attached hydrogens (tertiary/aromatic N) is 1. The summed E-state index contributed by atoms with van der Waals surface area (Å²) in [5, 5.41) is 0. The van der Waals surface area contributed by atoms with Gasteiger partial charge in [-0.2, -0.15) is 13.2 Å². The van der Waals surface area contributed by atoms with Crippen molar-refractivity contribution in [3.05, 3.63) is 77.6 Å². The number of rotatable bonds is 6. The molecule has 2 atom stereocenters. The van der Waals surface area contributed by atoms with Gasteiger partial charge in [0, 0.05) is 25.0 Å². The highest BCUT2D eigenvalue weighted by Crippen LogP contribution is 2.31. The first-order valence-corrected chi connectivity index (χ1v) is 9.12. The fraction of sp³-hybridized carbons (Fsp3) is 0.364. The van der Waals surface area contributed by atoms with E-state index >= 15 is 0 Å². The third-order valence-electron chi connectivity index (χ3n) is 4.89. The molecule has 0 N–H and O–H groups in total. The maximum Gasteiger partial charge on any atom is 0.416 e. The topological polar surface area (TPSA) is 12.5 Å². The average molecular weight is 375 g/mol. The molecule has 1 aromatic carbocycles. The van der Waals surface area contributed by atoms with Crippen molar-refractivity contribution in [3.8, 4) is 0 Å². The second-order valence-corrected chi connectivity index (χ2v) is 7.13. The number of hydrogen-bond acceptors (Lipinski definition) is 2. The first-order valence-electron chi connectivity index (χ1n) is 9.12. The Morgan fingerprint density at radius 1 is 1.11 bits per heavy atom. The minimum Gasteiger partial charge on any atom is -0.493 e. The van der Waals surface area contributed by atoms with Crippen molar-refractivity contribution < 1.29 is 17.9 Å². The Morgan fingerprint density at radius 3 is 2.48 bits per heavy atom. The summed E-state index contributed by atoms with van der Waals surface area (Å²) in [6, 6.07) is 5.56. The molecule has 0 saturated carbocycles. The summed E-state index contributed by atoms with van der Waals surface area (Å²) in [5.41, 5.74) is 1.38. The van der Waals surface area contributed by atoms with Gasteiger partial charge in [0.25, 0.3) is 0 Å². The predicted octanol–water partition coefficient (Wildman–Crippen LogP) is 5.45. The molecule has 27 heavy (non-hydrogen) atoms. The van der Waals surface area contributed by atoms with Gasteiger partial charge in [0.05, 0.1) is 11.8 Å². The molecule has 5 heteroatoms. The Balaban J connectivity index is 1.59. The first kappa shape index (κ1) is 19.5. The zero-order valence-electron chi connectivity index (χ0n) is 15.5. The van der Waals surface area contributed by atoms with Crippen LogP contribution in [0.2, 0.25) is 0 Å². The van der Waals surface area contributed by atoms with Gasteiger partial charge in [-0.25, -0.2) is 0 Å². The number of fused-ring (bicyclic) bond motifs is 1. The molecule has 0 fully saturated rings. The molecular formula is C22H24F3NO. The third kappa shape index (κ3) is 4.92. The number of halogens is 3. The van der Waals surface area contributed by atoms with E-state index in [0.29, 0.717) is 12.6 Å². The van der Waals surface area contributed by atoms with Crippen LogP contribution in [0.25, 0.3) is 6.08 Å². The molecule has 2 unspecified atom stereocenters. The van der Waals surface area contributed by atoms with Crippen LogP contribution in [0.4, 0.5) is 13.2 Å². The molecule has 0 saturated heterocycles. The van der Waals surface area contributed by atoms with Crippen LogP contribution < -0.4 is 0 Å². The van der Waals surface area contributed by atoms with Gasteiger partial charge in [0.1, 0.15) is 6.10 Å². The quantitative estimate of drug-likeness (QED) is 0.655. The Labute approximate surface area is 158 Å². The van der Waals surface area contributed by atoms with Gasteiger partial charge in [-0.3, -0.25) is 4.90 Å². The van der Waals surface area contributed by atoms with Gasteiger partial charge >= 0.3 is 6.18 Å². The zero-order chi connectivity index (χ0) is 19.4. The fourth-order valence-corrected chi connectivity index (χ4v) is 3.24. The van der Waals surface area contributed by atoms with E-state index in [-0.39, 0.29) is 12.0 Å². The van der Waals surface area contributed by atoms with Crippen LogP contribution in [0.5, 0.6) is 0 Å². The lowest BCUT2D eigenvalue weighted by Gasteiger charge is -2.27. The van der Waals surface area contributed by atoms with Gasteiger partial charge in [0.2, 0.25) is 0 Å². The van der Waals surface area contributed by atoms with Crippen LogP contribution in [0.15, 0.2) is 66.5 Å². The summed E-state index contributed by atoms with van der Waals surface area (Å²) in [7, 11) is 0. The van der Waals surface area contributed by atoms with E-state index < -0.39 is 11.7 Å². The van der Waals surface area contributed by atoms with E-state index in [2.05, 4.69) is 30.9 Å². The van der Waals surface area contributed by atoms with E-state index in [1.807, 2.05) is 30.6 Å². The number of hydrogen-bond donors (Lipinski definition) is 0. The summed E-state index contributed by atoms with van der Waals surface area (Å²) in [4.78, 5) is 2.31. The summed E-state index contributed by atoms with van der Waals surface area (Å²) in [6.07, 6.45) is 9.81. The zero-order valence-corrected chi connectivity index (χ0v) is 15.5. The molecule has 2 aliphatic rings. The summed E-state index contributed by atoms with van der Waals surface area (Å²) in [6.45, 7) is 5.79. The second kappa shape index (κ2) is 8.17. The molecule has 1 heterocycles. The van der Waals surface area contributed by atoms with Crippen LogP contribution in [0.3, 0.4) is 0 Å². The highest BCUT2D eigenvalue weighted by atomic mass is 19.4. The van der Waals surface area contributed by atoms with Gasteiger partial charge in [-0.15, -0.1) is 0 Å². The van der Waals surface area contributed by atoms with Crippen molar-refractivity contribution in [1.29, 1.82) is 0 Å². The average Bonchev–Trinajstić information content (AvgIpc) is 3.03. The highest BCUT2D eigenvalue weighted by Gasteiger charge is 2.30. The van der Waals surface area contributed by atoms with E-state index in [1.165, 1.54) is 17.7 Å². The molecular weight excluding hydrogens is 351 g/mol. The predicted molar refractivity (Wildman–Crippen MR) is 102 cm³/mol. The van der Waals surface area contributed by atoms with Crippen LogP contribution in [-0.4, -0.2) is 30.1 Å². The van der Waals surface area contributed by atoms with Crippen molar-refractivity contribution in [2.45, 2.75) is 32.2 Å². The van der Waals surface area contributed by atoms with Crippen LogP contribution >= 0.6 is 0 Å². The van der Waals surface area contributed by atoms with Gasteiger partial charge < -0.3 is 4.74 Å². The summed E-state index contributed by atoms with van der Waals surface area (Å²) >= 11 is 0. The lowest BCUT2D eigenvalue weighted by molar-refractivity contribution is -0.137. The van der Waals surface area contributed by atoms with Crippen LogP contribution in [0.1, 0.15) is 25.0 Å². The molecule has 144 valence electrons. The summed E-state index contributed by atoms with van der Waals surface area (Å²) in [5.74, 6) is 0.287. The molecule has 1 aromatic rings. The lowest BCUT2D eigenvalue weighted by Crippen LogP contribution is -2.34. The molecule has 0 spiro atoms. The SMILES string of the molecule is CC(C)N(CC=Cc1ccc(C(F)(F)F)cc1)CC1=COC2C=CC=CC12. The van der Waals surface area contributed by atoms with Gasteiger partial charge in [-0.05, 0) is 43.2 Å². The molecule has 3 rings (SSSR count). The van der Waals surface area contributed by atoms with Crippen molar-refractivity contribution in [2.24, 2.45) is 5.92 Å². The molecule has 0 aromatic heterocycles. The Hall–Kier alpha value is -2.27. The Bertz CT molecular complexity index is 757.